The van der Waals surface area contributed by atoms with E-state index in [2.05, 4.69) is 84.1 Å². The molecule has 0 saturated carbocycles. The van der Waals surface area contributed by atoms with Gasteiger partial charge in [-0.05, 0) is 86.6 Å². The van der Waals surface area contributed by atoms with Crippen molar-refractivity contribution in [1.29, 1.82) is 5.41 Å². The van der Waals surface area contributed by atoms with Crippen molar-refractivity contribution in [3.63, 3.8) is 0 Å². The summed E-state index contributed by atoms with van der Waals surface area (Å²) in [7, 11) is 0. The average Bonchev–Trinajstić information content (AvgIpc) is 3.41. The largest absolute Gasteiger partial charge is 0.386 e. The van der Waals surface area contributed by atoms with E-state index in [0.29, 0.717) is 47.4 Å². The summed E-state index contributed by atoms with van der Waals surface area (Å²) in [4.78, 5) is 2.60. The number of nitrogens with one attached hydrogen (secondary N) is 2. The van der Waals surface area contributed by atoms with Crippen molar-refractivity contribution in [2.45, 2.75) is 64.0 Å². The lowest BCUT2D eigenvalue weighted by atomic mass is 9.76. The van der Waals surface area contributed by atoms with Crippen LogP contribution in [-0.2, 0) is 0 Å². The zero-order valence-corrected chi connectivity index (χ0v) is 23.0. The van der Waals surface area contributed by atoms with E-state index in [4.69, 9.17) is 11.1 Å². The van der Waals surface area contributed by atoms with Crippen molar-refractivity contribution in [1.82, 2.24) is 10.2 Å². The highest BCUT2D eigenvalue weighted by atomic mass is 15.2. The van der Waals surface area contributed by atoms with Crippen molar-refractivity contribution in [2.75, 3.05) is 13.1 Å². The minimum Gasteiger partial charge on any atom is -0.386 e. The standard InChI is InChI=1S/C34H46N4/c1-2-26(22-35)34-8-5-21-38(34)32-19-17-30(18-20-32)29-15-13-28(14-16-29)27-11-9-25(10-12-27)6-3-4-7-33(36)31-23-37-24-31/h3-7,9,11,13,15-17,19,21,23,25-28,30,32,34,36-37H,2,8,10,12,14,18,20,22,24,35H2,1H3/b6-3+,7-4-,36-33?/t25?,26?,27-,28?,30-,32-,34?/m1/s1. The van der Waals surface area contributed by atoms with E-state index in [1.165, 1.54) is 31.3 Å². The van der Waals surface area contributed by atoms with Crippen molar-refractivity contribution in [3.05, 3.63) is 96.5 Å². The van der Waals surface area contributed by atoms with Gasteiger partial charge in [0.1, 0.15) is 0 Å². The molecule has 0 saturated heterocycles. The van der Waals surface area contributed by atoms with Crippen LogP contribution in [0.4, 0.5) is 0 Å². The first kappa shape index (κ1) is 26.7. The molecule has 0 aromatic rings. The Bertz CT molecular complexity index is 1080. The average molecular weight is 511 g/mol. The molecule has 0 aromatic carbocycles. The summed E-state index contributed by atoms with van der Waals surface area (Å²) in [5.74, 6) is 2.93. The van der Waals surface area contributed by atoms with Gasteiger partial charge in [0.2, 0.25) is 0 Å². The Kier molecular flexibility index (Phi) is 9.01. The fourth-order valence-corrected chi connectivity index (χ4v) is 6.74. The number of hydrogen-bond acceptors (Lipinski definition) is 4. The number of hydrogen-bond donors (Lipinski definition) is 3. The van der Waals surface area contributed by atoms with E-state index in [1.54, 1.807) is 0 Å². The maximum absolute atomic E-state index is 8.00. The van der Waals surface area contributed by atoms with Crippen LogP contribution >= 0.6 is 0 Å². The lowest BCUT2D eigenvalue weighted by Gasteiger charge is -2.39. The molecule has 4 heteroatoms. The second-order valence-electron chi connectivity index (χ2n) is 11.6. The molecule has 38 heavy (non-hydrogen) atoms. The highest BCUT2D eigenvalue weighted by Gasteiger charge is 2.32. The maximum Gasteiger partial charge on any atom is 0.0604 e. The normalized spacial score (nSPS) is 33.4. The van der Waals surface area contributed by atoms with Gasteiger partial charge in [0.15, 0.2) is 0 Å². The summed E-state index contributed by atoms with van der Waals surface area (Å²) in [5.41, 5.74) is 9.30. The molecule has 2 aliphatic heterocycles. The van der Waals surface area contributed by atoms with Gasteiger partial charge in [-0.2, -0.15) is 0 Å². The van der Waals surface area contributed by atoms with Crippen LogP contribution in [0.2, 0.25) is 0 Å². The number of nitrogens with two attached hydrogens (primary N) is 1. The second-order valence-corrected chi connectivity index (χ2v) is 11.6. The number of nitrogens with zero attached hydrogens (tertiary/aromatic N) is 1. The van der Waals surface area contributed by atoms with E-state index in [0.717, 1.165) is 37.9 Å². The topological polar surface area (TPSA) is 65.1 Å². The Hall–Kier alpha value is -2.85. The Balaban J connectivity index is 1.08. The van der Waals surface area contributed by atoms with Crippen LogP contribution in [0.15, 0.2) is 96.5 Å². The van der Waals surface area contributed by atoms with Crippen LogP contribution in [0.25, 0.3) is 0 Å². The van der Waals surface area contributed by atoms with Crippen LogP contribution < -0.4 is 11.1 Å². The van der Waals surface area contributed by atoms with Crippen LogP contribution in [0.3, 0.4) is 0 Å². The molecule has 4 unspecified atom stereocenters. The SMILES string of the molecule is CCC(CN)C1CC=CN1[C@@H]1C=C[C@@H](C2=CCC([C@@H]3C=CC(/C=C/C=C\C(=N)C4=CNC4)CC3)C=C2)CC1. The Morgan fingerprint density at radius 2 is 1.97 bits per heavy atom. The zero-order chi connectivity index (χ0) is 26.3. The predicted octanol–water partition coefficient (Wildman–Crippen LogP) is 6.60. The third-order valence-electron chi connectivity index (χ3n) is 9.36. The first-order valence-electron chi connectivity index (χ1n) is 14.9. The summed E-state index contributed by atoms with van der Waals surface area (Å²) in [6, 6.07) is 1.09. The van der Waals surface area contributed by atoms with Crippen molar-refractivity contribution in [3.8, 4) is 0 Å². The second kappa shape index (κ2) is 12.8. The summed E-state index contributed by atoms with van der Waals surface area (Å²) < 4.78 is 0. The lowest BCUT2D eigenvalue weighted by Crippen LogP contribution is -2.43. The van der Waals surface area contributed by atoms with Gasteiger partial charge in [0, 0.05) is 36.3 Å². The van der Waals surface area contributed by atoms with Crippen molar-refractivity contribution < 1.29 is 0 Å². The fourth-order valence-electron chi connectivity index (χ4n) is 6.74. The maximum atomic E-state index is 8.00. The molecule has 3 aliphatic carbocycles. The van der Waals surface area contributed by atoms with Gasteiger partial charge in [-0.25, -0.2) is 0 Å². The highest BCUT2D eigenvalue weighted by Crippen LogP contribution is 2.37. The van der Waals surface area contributed by atoms with E-state index < -0.39 is 0 Å². The van der Waals surface area contributed by atoms with Crippen LogP contribution in [0.5, 0.6) is 0 Å². The zero-order valence-electron chi connectivity index (χ0n) is 23.0. The van der Waals surface area contributed by atoms with E-state index in [-0.39, 0.29) is 0 Å². The first-order chi connectivity index (χ1) is 18.7. The van der Waals surface area contributed by atoms with Gasteiger partial charge in [0.25, 0.3) is 0 Å². The molecule has 0 bridgehead atoms. The monoisotopic (exact) mass is 510 g/mol. The summed E-state index contributed by atoms with van der Waals surface area (Å²) in [5, 5.41) is 11.1. The summed E-state index contributed by atoms with van der Waals surface area (Å²) in [6.45, 7) is 3.87. The molecule has 7 atom stereocenters. The van der Waals surface area contributed by atoms with Gasteiger partial charge < -0.3 is 21.4 Å². The third-order valence-corrected chi connectivity index (χ3v) is 9.36. The number of allylic oxidation sites excluding steroid dienone is 11. The number of rotatable bonds is 10. The third kappa shape index (κ3) is 6.23. The van der Waals surface area contributed by atoms with Crippen LogP contribution in [0.1, 0.15) is 51.9 Å². The Labute approximate surface area is 230 Å². The summed E-state index contributed by atoms with van der Waals surface area (Å²) in [6.07, 6.45) is 40.5. The van der Waals surface area contributed by atoms with Gasteiger partial charge in [-0.1, -0.05) is 80.2 Å². The minimum absolute atomic E-state index is 0.510. The van der Waals surface area contributed by atoms with E-state index >= 15 is 0 Å². The fraction of sp³-hybridized carbons (Fsp3) is 0.500. The quantitative estimate of drug-likeness (QED) is 0.176. The minimum atomic E-state index is 0.510. The highest BCUT2D eigenvalue weighted by molar-refractivity contribution is 6.07. The molecule has 2 heterocycles. The van der Waals surface area contributed by atoms with Crippen molar-refractivity contribution in [2.24, 2.45) is 35.3 Å². The summed E-state index contributed by atoms with van der Waals surface area (Å²) >= 11 is 0. The van der Waals surface area contributed by atoms with Crippen molar-refractivity contribution >= 4 is 5.71 Å². The molecule has 0 fully saturated rings. The van der Waals surface area contributed by atoms with Crippen LogP contribution in [0, 0.1) is 35.0 Å². The van der Waals surface area contributed by atoms with Gasteiger partial charge in [-0.3, -0.25) is 0 Å². The Morgan fingerprint density at radius 1 is 1.08 bits per heavy atom. The van der Waals surface area contributed by atoms with Gasteiger partial charge in [-0.15, -0.1) is 0 Å². The van der Waals surface area contributed by atoms with E-state index in [9.17, 15) is 0 Å². The molecule has 0 amide bonds. The molecular formula is C34H46N4. The van der Waals surface area contributed by atoms with E-state index in [1.807, 2.05) is 18.4 Å². The van der Waals surface area contributed by atoms with Crippen LogP contribution in [-0.4, -0.2) is 35.8 Å². The molecule has 0 radical (unpaired) electrons. The van der Waals surface area contributed by atoms with Gasteiger partial charge in [0.05, 0.1) is 5.71 Å². The predicted molar refractivity (Wildman–Crippen MR) is 161 cm³/mol. The Morgan fingerprint density at radius 3 is 2.61 bits per heavy atom. The molecule has 4 nitrogen and oxygen atoms in total. The lowest BCUT2D eigenvalue weighted by molar-refractivity contribution is 0.175. The molecular weight excluding hydrogens is 464 g/mol. The molecule has 202 valence electrons. The molecule has 4 N–H and O–H groups in total. The molecule has 5 rings (SSSR count). The van der Waals surface area contributed by atoms with Gasteiger partial charge >= 0.3 is 0 Å². The molecule has 0 spiro atoms. The molecule has 0 aromatic heterocycles. The first-order valence-corrected chi connectivity index (χ1v) is 14.9. The smallest absolute Gasteiger partial charge is 0.0604 e. The molecule has 5 aliphatic rings.